The quantitative estimate of drug-likeness (QED) is 0.486. The average molecular weight is 539 g/mol. The van der Waals surface area contributed by atoms with Gasteiger partial charge >= 0.3 is 0 Å². The minimum atomic E-state index is -0.288. The molecule has 1 unspecified atom stereocenters. The van der Waals surface area contributed by atoms with Gasteiger partial charge in [0.05, 0.1) is 6.20 Å². The van der Waals surface area contributed by atoms with Crippen LogP contribution < -0.4 is 10.4 Å². The molecule has 2 aliphatic heterocycles. The molecule has 0 aliphatic carbocycles. The Balaban J connectivity index is 1.35. The summed E-state index contributed by atoms with van der Waals surface area (Å²) < 4.78 is 0. The molecule has 3 heterocycles. The van der Waals surface area contributed by atoms with Crippen LogP contribution in [0.4, 0.5) is 5.82 Å². The number of carbonyl (C=O) groups excluding carboxylic acids is 1. The number of nitrogens with zero attached hydrogens (tertiary/aromatic N) is 7. The minimum Gasteiger partial charge on any atom is -0.306 e. The van der Waals surface area contributed by atoms with Crippen molar-refractivity contribution in [2.45, 2.75) is 33.2 Å². The van der Waals surface area contributed by atoms with E-state index in [0.29, 0.717) is 12.1 Å². The van der Waals surface area contributed by atoms with Crippen molar-refractivity contribution < 1.29 is 4.79 Å². The van der Waals surface area contributed by atoms with Crippen LogP contribution in [-0.4, -0.2) is 90.0 Å². The van der Waals surface area contributed by atoms with Crippen molar-refractivity contribution >= 4 is 23.3 Å². The number of nitriles is 1. The second kappa shape index (κ2) is 13.5. The van der Waals surface area contributed by atoms with Gasteiger partial charge in [0.25, 0.3) is 5.91 Å². The van der Waals surface area contributed by atoms with E-state index in [0.717, 1.165) is 38.6 Å². The summed E-state index contributed by atoms with van der Waals surface area (Å²) in [7, 11) is 2.23. The highest BCUT2D eigenvalue weighted by Gasteiger charge is 2.25. The fraction of sp³-hybridized carbons (Fsp3) is 0.571. The molecular weight excluding hydrogens is 500 g/mol. The molecule has 1 atom stereocenters. The summed E-state index contributed by atoms with van der Waals surface area (Å²) in [6.07, 6.45) is 4.01. The molecule has 2 fully saturated rings. The van der Waals surface area contributed by atoms with Crippen molar-refractivity contribution in [2.24, 2.45) is 11.8 Å². The number of halogens is 1. The maximum Gasteiger partial charge on any atom is 0.274 e. The van der Waals surface area contributed by atoms with Gasteiger partial charge in [-0.3, -0.25) is 9.69 Å². The summed E-state index contributed by atoms with van der Waals surface area (Å²) in [5.74, 6) is 0.918. The van der Waals surface area contributed by atoms with Gasteiger partial charge in [0.1, 0.15) is 11.1 Å². The van der Waals surface area contributed by atoms with Crippen molar-refractivity contribution in [1.29, 1.82) is 5.26 Å². The predicted octanol–water partition coefficient (Wildman–Crippen LogP) is 3.27. The van der Waals surface area contributed by atoms with Crippen LogP contribution in [0.2, 0.25) is 5.02 Å². The van der Waals surface area contributed by atoms with E-state index in [1.54, 1.807) is 0 Å². The first-order chi connectivity index (χ1) is 18.3. The summed E-state index contributed by atoms with van der Waals surface area (Å²) in [5.41, 5.74) is 4.82. The van der Waals surface area contributed by atoms with Gasteiger partial charge in [-0.2, -0.15) is 10.2 Å². The van der Waals surface area contributed by atoms with Gasteiger partial charge in [-0.15, -0.1) is 0 Å². The number of hydrogen-bond acceptors (Lipinski definition) is 8. The summed E-state index contributed by atoms with van der Waals surface area (Å²) in [4.78, 5) is 29.1. The monoisotopic (exact) mass is 538 g/mol. The highest BCUT2D eigenvalue weighted by Crippen LogP contribution is 2.24. The van der Waals surface area contributed by atoms with E-state index in [-0.39, 0.29) is 28.5 Å². The van der Waals surface area contributed by atoms with Gasteiger partial charge in [0.15, 0.2) is 5.82 Å². The number of amides is 1. The lowest BCUT2D eigenvalue weighted by molar-refractivity contribution is 0.0929. The fourth-order valence-electron chi connectivity index (χ4n) is 5.14. The van der Waals surface area contributed by atoms with Crippen molar-refractivity contribution in [3.8, 4) is 6.07 Å². The topological polar surface area (TPSA) is 91.6 Å². The van der Waals surface area contributed by atoms with E-state index in [1.807, 2.05) is 44.2 Å². The third kappa shape index (κ3) is 7.71. The van der Waals surface area contributed by atoms with E-state index in [1.165, 1.54) is 49.2 Å². The number of piperazine rings is 1. The summed E-state index contributed by atoms with van der Waals surface area (Å²) in [6.45, 7) is 13.5. The van der Waals surface area contributed by atoms with Gasteiger partial charge in [-0.05, 0) is 56.0 Å². The number of hydrogen-bond donors (Lipinski definition) is 1. The maximum absolute atomic E-state index is 13.5. The van der Waals surface area contributed by atoms with Gasteiger partial charge < -0.3 is 9.80 Å². The van der Waals surface area contributed by atoms with E-state index in [4.69, 9.17) is 11.6 Å². The van der Waals surface area contributed by atoms with Crippen LogP contribution in [0, 0.1) is 23.2 Å². The molecule has 0 spiro atoms. The van der Waals surface area contributed by atoms with E-state index < -0.39 is 0 Å². The summed E-state index contributed by atoms with van der Waals surface area (Å²) >= 11 is 6.32. The molecule has 1 aromatic carbocycles. The van der Waals surface area contributed by atoms with Crippen LogP contribution in [0.5, 0.6) is 0 Å². The summed E-state index contributed by atoms with van der Waals surface area (Å²) in [5, 5.41) is 10.7. The standard InChI is InChI=1S/C28H39ClN8O/c1-21(2)16-32-37(27-25(29)17-31-26(15-30)33-27)28(38)24-8-6-22(7-9-24)19-35-11-13-36(14-12-35)20-23-5-4-10-34(3)18-23/h6-9,17,21,23,32H,4-5,10-14,16,18-20H2,1-3H3. The Kier molecular flexibility index (Phi) is 10.1. The zero-order valence-electron chi connectivity index (χ0n) is 22.7. The first-order valence-corrected chi connectivity index (χ1v) is 13.9. The lowest BCUT2D eigenvalue weighted by atomic mass is 9.97. The molecule has 38 heavy (non-hydrogen) atoms. The van der Waals surface area contributed by atoms with Gasteiger partial charge in [0.2, 0.25) is 5.82 Å². The van der Waals surface area contributed by atoms with Crippen molar-refractivity contribution in [2.75, 3.05) is 64.4 Å². The maximum atomic E-state index is 13.5. The van der Waals surface area contributed by atoms with Gasteiger partial charge in [-0.1, -0.05) is 37.6 Å². The molecule has 0 radical (unpaired) electrons. The molecule has 2 saturated heterocycles. The third-order valence-corrected chi connectivity index (χ3v) is 7.48. The lowest BCUT2D eigenvalue weighted by Gasteiger charge is -2.38. The molecule has 0 saturated carbocycles. The second-order valence-corrected chi connectivity index (χ2v) is 11.3. The van der Waals surface area contributed by atoms with Crippen LogP contribution in [0.25, 0.3) is 0 Å². The Morgan fingerprint density at radius 3 is 2.55 bits per heavy atom. The smallest absolute Gasteiger partial charge is 0.274 e. The zero-order chi connectivity index (χ0) is 27.1. The summed E-state index contributed by atoms with van der Waals surface area (Å²) in [6, 6.07) is 9.63. The van der Waals surface area contributed by atoms with E-state index in [2.05, 4.69) is 37.1 Å². The molecule has 2 aliphatic rings. The van der Waals surface area contributed by atoms with Crippen LogP contribution in [-0.2, 0) is 6.54 Å². The number of hydrazine groups is 1. The molecule has 2 aromatic rings. The number of likely N-dealkylation sites (tertiary alicyclic amines) is 1. The minimum absolute atomic E-state index is 0.0462. The molecule has 1 amide bonds. The Morgan fingerprint density at radius 1 is 1.18 bits per heavy atom. The van der Waals surface area contributed by atoms with Gasteiger partial charge in [-0.25, -0.2) is 15.4 Å². The first-order valence-electron chi connectivity index (χ1n) is 13.5. The highest BCUT2D eigenvalue weighted by molar-refractivity contribution is 6.33. The number of aromatic nitrogens is 2. The Labute approximate surface area is 231 Å². The van der Waals surface area contributed by atoms with E-state index >= 15 is 0 Å². The number of anilines is 1. The third-order valence-electron chi connectivity index (χ3n) is 7.21. The molecule has 9 nitrogen and oxygen atoms in total. The molecule has 204 valence electrons. The molecular formula is C28H39ClN8O. The Bertz CT molecular complexity index is 1110. The van der Waals surface area contributed by atoms with Crippen LogP contribution in [0.15, 0.2) is 30.5 Å². The largest absolute Gasteiger partial charge is 0.306 e. The lowest BCUT2D eigenvalue weighted by Crippen LogP contribution is -2.48. The number of piperidine rings is 1. The molecule has 1 aromatic heterocycles. The zero-order valence-corrected chi connectivity index (χ0v) is 23.5. The number of carbonyl (C=O) groups is 1. The molecule has 10 heteroatoms. The first kappa shape index (κ1) is 28.4. The number of benzene rings is 1. The van der Waals surface area contributed by atoms with Crippen LogP contribution >= 0.6 is 11.6 Å². The molecule has 4 rings (SSSR count). The van der Waals surface area contributed by atoms with Crippen molar-refractivity contribution in [3.63, 3.8) is 0 Å². The average Bonchev–Trinajstić information content (AvgIpc) is 2.91. The van der Waals surface area contributed by atoms with Crippen molar-refractivity contribution in [1.82, 2.24) is 30.1 Å². The highest BCUT2D eigenvalue weighted by atomic mass is 35.5. The number of nitrogens with one attached hydrogen (secondary N) is 1. The SMILES string of the molecule is CC(C)CNN(C(=O)c1ccc(CN2CCN(CC3CCCN(C)C3)CC2)cc1)c1nc(C#N)ncc1Cl. The van der Waals surface area contributed by atoms with Crippen LogP contribution in [0.1, 0.15) is 48.4 Å². The van der Waals surface area contributed by atoms with Crippen LogP contribution in [0.3, 0.4) is 0 Å². The van der Waals surface area contributed by atoms with E-state index in [9.17, 15) is 10.1 Å². The molecule has 1 N–H and O–H groups in total. The predicted molar refractivity (Wildman–Crippen MR) is 150 cm³/mol. The van der Waals surface area contributed by atoms with Crippen molar-refractivity contribution in [3.05, 3.63) is 52.4 Å². The number of rotatable bonds is 9. The normalized spacial score (nSPS) is 19.4. The second-order valence-electron chi connectivity index (χ2n) is 10.9. The Morgan fingerprint density at radius 2 is 1.89 bits per heavy atom. The fourth-order valence-corrected chi connectivity index (χ4v) is 5.32. The molecule has 0 bridgehead atoms. The Hall–Kier alpha value is -2.61. The van der Waals surface area contributed by atoms with Gasteiger partial charge in [0, 0.05) is 57.9 Å².